The Hall–Kier alpha value is -1.78. The maximum absolute atomic E-state index is 12.2. The molecule has 0 aliphatic carbocycles. The molecule has 0 aromatic carbocycles. The van der Waals surface area contributed by atoms with Crippen molar-refractivity contribution in [1.82, 2.24) is 10.2 Å². The maximum atomic E-state index is 12.2. The lowest BCUT2D eigenvalue weighted by atomic mass is 10.0. The smallest absolute Gasteiger partial charge is 0.244 e. The Morgan fingerprint density at radius 3 is 2.68 bits per heavy atom. The van der Waals surface area contributed by atoms with Crippen LogP contribution in [0.1, 0.15) is 36.3 Å². The Labute approximate surface area is 113 Å². The van der Waals surface area contributed by atoms with Crippen molar-refractivity contribution in [2.45, 2.75) is 39.2 Å². The van der Waals surface area contributed by atoms with Gasteiger partial charge in [0.05, 0.1) is 5.92 Å². The largest absolute Gasteiger partial charge is 0.466 e. The van der Waals surface area contributed by atoms with E-state index in [9.17, 15) is 9.59 Å². The van der Waals surface area contributed by atoms with Crippen molar-refractivity contribution in [3.8, 4) is 0 Å². The van der Waals surface area contributed by atoms with Gasteiger partial charge >= 0.3 is 0 Å². The zero-order valence-corrected chi connectivity index (χ0v) is 11.8. The van der Waals surface area contributed by atoms with E-state index in [1.165, 1.54) is 0 Å². The summed E-state index contributed by atoms with van der Waals surface area (Å²) in [5.74, 6) is 1.10. The third-order valence-electron chi connectivity index (χ3n) is 3.68. The Balaban J connectivity index is 2.04. The molecule has 2 amide bonds. The molecule has 19 heavy (non-hydrogen) atoms. The van der Waals surface area contributed by atoms with Gasteiger partial charge in [0.1, 0.15) is 17.6 Å². The highest BCUT2D eigenvalue weighted by Gasteiger charge is 2.32. The number of aryl methyl sites for hydroxylation is 2. The monoisotopic (exact) mass is 264 g/mol. The maximum Gasteiger partial charge on any atom is 0.244 e. The number of likely N-dealkylation sites (N-methyl/N-ethyl adjacent to an activating group) is 1. The zero-order valence-electron chi connectivity index (χ0n) is 11.8. The number of nitrogens with zero attached hydrogens (tertiary/aromatic N) is 1. The molecule has 1 fully saturated rings. The standard InChI is InChI=1S/C14H20N2O3/c1-8-7-11(10(3)19-8)9(2)13(17)15-12-5-6-16(4)14(12)18/h7,9,12H,5-6H2,1-4H3,(H,15,17). The van der Waals surface area contributed by atoms with Crippen LogP contribution in [0.4, 0.5) is 0 Å². The van der Waals surface area contributed by atoms with E-state index in [1.807, 2.05) is 26.8 Å². The average molecular weight is 264 g/mol. The lowest BCUT2D eigenvalue weighted by Crippen LogP contribution is -2.42. The van der Waals surface area contributed by atoms with Crippen molar-refractivity contribution in [3.05, 3.63) is 23.2 Å². The number of amides is 2. The molecule has 5 heteroatoms. The first kappa shape index (κ1) is 13.6. The van der Waals surface area contributed by atoms with Crippen molar-refractivity contribution < 1.29 is 14.0 Å². The number of hydrogen-bond acceptors (Lipinski definition) is 3. The summed E-state index contributed by atoms with van der Waals surface area (Å²) in [6, 6.07) is 1.50. The number of rotatable bonds is 3. The molecule has 1 N–H and O–H groups in total. The third-order valence-corrected chi connectivity index (χ3v) is 3.68. The lowest BCUT2D eigenvalue weighted by molar-refractivity contribution is -0.132. The Morgan fingerprint density at radius 1 is 1.53 bits per heavy atom. The zero-order chi connectivity index (χ0) is 14.2. The van der Waals surface area contributed by atoms with E-state index in [-0.39, 0.29) is 23.8 Å². The summed E-state index contributed by atoms with van der Waals surface area (Å²) in [6.45, 7) is 6.23. The van der Waals surface area contributed by atoms with E-state index < -0.39 is 0 Å². The minimum Gasteiger partial charge on any atom is -0.466 e. The quantitative estimate of drug-likeness (QED) is 0.896. The molecular weight excluding hydrogens is 244 g/mol. The van der Waals surface area contributed by atoms with Crippen LogP contribution in [-0.2, 0) is 9.59 Å². The number of nitrogens with one attached hydrogen (secondary N) is 1. The summed E-state index contributed by atoms with van der Waals surface area (Å²) in [5.41, 5.74) is 0.883. The fourth-order valence-electron chi connectivity index (χ4n) is 2.47. The van der Waals surface area contributed by atoms with Crippen LogP contribution >= 0.6 is 0 Å². The molecule has 2 atom stereocenters. The second-order valence-corrected chi connectivity index (χ2v) is 5.20. The van der Waals surface area contributed by atoms with Gasteiger partial charge in [-0.25, -0.2) is 0 Å². The van der Waals surface area contributed by atoms with Crippen LogP contribution in [0, 0.1) is 13.8 Å². The normalized spacial score (nSPS) is 20.7. The van der Waals surface area contributed by atoms with E-state index in [0.29, 0.717) is 13.0 Å². The van der Waals surface area contributed by atoms with E-state index in [2.05, 4.69) is 5.32 Å². The molecule has 1 aliphatic heterocycles. The minimum atomic E-state index is -0.381. The molecule has 1 aromatic heterocycles. The van der Waals surface area contributed by atoms with Gasteiger partial charge in [-0.2, -0.15) is 0 Å². The predicted molar refractivity (Wildman–Crippen MR) is 70.8 cm³/mol. The molecule has 0 saturated carbocycles. The van der Waals surface area contributed by atoms with Gasteiger partial charge < -0.3 is 14.6 Å². The number of likely N-dealkylation sites (tertiary alicyclic amines) is 1. The second-order valence-electron chi connectivity index (χ2n) is 5.20. The van der Waals surface area contributed by atoms with Gasteiger partial charge in [0.15, 0.2) is 0 Å². The molecule has 104 valence electrons. The third kappa shape index (κ3) is 2.64. The van der Waals surface area contributed by atoms with Crippen molar-refractivity contribution in [1.29, 1.82) is 0 Å². The van der Waals surface area contributed by atoms with E-state index in [0.717, 1.165) is 17.1 Å². The van der Waals surface area contributed by atoms with Crippen LogP contribution in [0.25, 0.3) is 0 Å². The topological polar surface area (TPSA) is 62.6 Å². The molecule has 1 saturated heterocycles. The van der Waals surface area contributed by atoms with Crippen LogP contribution in [0.5, 0.6) is 0 Å². The summed E-state index contributed by atoms with van der Waals surface area (Å²) >= 11 is 0. The fourth-order valence-corrected chi connectivity index (χ4v) is 2.47. The van der Waals surface area contributed by atoms with Crippen LogP contribution < -0.4 is 5.32 Å². The molecule has 0 bridgehead atoms. The highest BCUT2D eigenvalue weighted by molar-refractivity contribution is 5.91. The van der Waals surface area contributed by atoms with Crippen molar-refractivity contribution >= 4 is 11.8 Å². The molecule has 2 rings (SSSR count). The van der Waals surface area contributed by atoms with Crippen LogP contribution in [0.2, 0.25) is 0 Å². The van der Waals surface area contributed by atoms with Gasteiger partial charge in [-0.1, -0.05) is 0 Å². The SMILES string of the molecule is Cc1cc(C(C)C(=O)NC2CCN(C)C2=O)c(C)o1. The summed E-state index contributed by atoms with van der Waals surface area (Å²) in [5, 5.41) is 2.82. The van der Waals surface area contributed by atoms with Gasteiger partial charge in [0.2, 0.25) is 11.8 Å². The van der Waals surface area contributed by atoms with E-state index in [4.69, 9.17) is 4.42 Å². The number of hydrogen-bond donors (Lipinski definition) is 1. The molecule has 0 radical (unpaired) electrons. The Bertz CT molecular complexity index is 507. The van der Waals surface area contributed by atoms with Crippen LogP contribution in [0.15, 0.2) is 10.5 Å². The average Bonchev–Trinajstić information content (AvgIpc) is 2.84. The van der Waals surface area contributed by atoms with E-state index >= 15 is 0 Å². The first-order valence-electron chi connectivity index (χ1n) is 6.52. The lowest BCUT2D eigenvalue weighted by Gasteiger charge is -2.16. The predicted octanol–water partition coefficient (Wildman–Crippen LogP) is 1.35. The molecule has 2 heterocycles. The summed E-state index contributed by atoms with van der Waals surface area (Å²) in [4.78, 5) is 25.6. The van der Waals surface area contributed by atoms with Crippen LogP contribution in [-0.4, -0.2) is 36.3 Å². The van der Waals surface area contributed by atoms with Gasteiger partial charge in [-0.05, 0) is 33.3 Å². The molecule has 1 aromatic rings. The molecule has 0 spiro atoms. The molecule has 5 nitrogen and oxygen atoms in total. The first-order chi connectivity index (χ1) is 8.90. The summed E-state index contributed by atoms with van der Waals surface area (Å²) < 4.78 is 5.44. The summed E-state index contributed by atoms with van der Waals surface area (Å²) in [6.07, 6.45) is 0.678. The van der Waals surface area contributed by atoms with E-state index in [1.54, 1.807) is 11.9 Å². The van der Waals surface area contributed by atoms with Crippen molar-refractivity contribution in [3.63, 3.8) is 0 Å². The second kappa shape index (κ2) is 5.07. The van der Waals surface area contributed by atoms with Crippen molar-refractivity contribution in [2.75, 3.05) is 13.6 Å². The molecule has 2 unspecified atom stereocenters. The van der Waals surface area contributed by atoms with Gasteiger partial charge in [0, 0.05) is 19.2 Å². The van der Waals surface area contributed by atoms with Gasteiger partial charge in [0.25, 0.3) is 0 Å². The van der Waals surface area contributed by atoms with Crippen LogP contribution in [0.3, 0.4) is 0 Å². The number of carbonyl (C=O) groups excluding carboxylic acids is 2. The Kier molecular flexibility index (Phi) is 3.64. The number of carbonyl (C=O) groups is 2. The molecular formula is C14H20N2O3. The Morgan fingerprint density at radius 2 is 2.21 bits per heavy atom. The van der Waals surface area contributed by atoms with Crippen molar-refractivity contribution in [2.24, 2.45) is 0 Å². The first-order valence-corrected chi connectivity index (χ1v) is 6.52. The van der Waals surface area contributed by atoms with Gasteiger partial charge in [-0.15, -0.1) is 0 Å². The summed E-state index contributed by atoms with van der Waals surface area (Å²) in [7, 11) is 1.75. The van der Waals surface area contributed by atoms with Gasteiger partial charge in [-0.3, -0.25) is 9.59 Å². The fraction of sp³-hybridized carbons (Fsp3) is 0.571. The highest BCUT2D eigenvalue weighted by atomic mass is 16.3. The number of furan rings is 1. The highest BCUT2D eigenvalue weighted by Crippen LogP contribution is 2.23. The minimum absolute atomic E-state index is 0.0133. The molecule has 1 aliphatic rings.